The molecule has 124 valence electrons. The first kappa shape index (κ1) is 15.6. The van der Waals surface area contributed by atoms with E-state index in [1.165, 1.54) is 0 Å². The molecule has 2 amide bonds. The highest BCUT2D eigenvalue weighted by Crippen LogP contribution is 2.29. The summed E-state index contributed by atoms with van der Waals surface area (Å²) >= 11 is 0. The monoisotopic (exact) mass is 318 g/mol. The molecule has 0 spiro atoms. The molecular weight excluding hydrogens is 296 g/mol. The summed E-state index contributed by atoms with van der Waals surface area (Å²) in [6.45, 7) is 7.31. The van der Waals surface area contributed by atoms with Gasteiger partial charge in [-0.15, -0.1) is 10.2 Å². The second-order valence-electron chi connectivity index (χ2n) is 6.86. The summed E-state index contributed by atoms with van der Waals surface area (Å²) in [5.41, 5.74) is -0.224. The van der Waals surface area contributed by atoms with Crippen LogP contribution in [0.4, 0.5) is 4.79 Å². The SMILES string of the molecule is CC(C)(C)NC(=O)N1CCC(c2nnc(-c3ccco3)o2)CC1. The van der Waals surface area contributed by atoms with Crippen LogP contribution in [0.2, 0.25) is 0 Å². The van der Waals surface area contributed by atoms with Gasteiger partial charge in [-0.2, -0.15) is 0 Å². The Kier molecular flexibility index (Phi) is 4.11. The van der Waals surface area contributed by atoms with E-state index in [-0.39, 0.29) is 17.5 Å². The van der Waals surface area contributed by atoms with Crippen molar-refractivity contribution in [3.63, 3.8) is 0 Å². The smallest absolute Gasteiger partial charge is 0.317 e. The maximum atomic E-state index is 12.2. The van der Waals surface area contributed by atoms with Crippen LogP contribution in [0.25, 0.3) is 11.7 Å². The van der Waals surface area contributed by atoms with Gasteiger partial charge in [-0.1, -0.05) is 0 Å². The number of carbonyl (C=O) groups excluding carboxylic acids is 1. The predicted molar refractivity (Wildman–Crippen MR) is 83.8 cm³/mol. The van der Waals surface area contributed by atoms with E-state index in [9.17, 15) is 4.79 Å². The summed E-state index contributed by atoms with van der Waals surface area (Å²) in [7, 11) is 0. The molecule has 3 rings (SSSR count). The topological polar surface area (TPSA) is 84.4 Å². The minimum Gasteiger partial charge on any atom is -0.459 e. The van der Waals surface area contributed by atoms with E-state index in [0.717, 1.165) is 12.8 Å². The Hall–Kier alpha value is -2.31. The van der Waals surface area contributed by atoms with Gasteiger partial charge in [0.1, 0.15) is 0 Å². The van der Waals surface area contributed by atoms with Crippen molar-refractivity contribution < 1.29 is 13.6 Å². The molecule has 0 aromatic carbocycles. The van der Waals surface area contributed by atoms with Gasteiger partial charge in [-0.3, -0.25) is 0 Å². The van der Waals surface area contributed by atoms with Gasteiger partial charge in [-0.05, 0) is 45.7 Å². The molecule has 23 heavy (non-hydrogen) atoms. The summed E-state index contributed by atoms with van der Waals surface area (Å²) in [5, 5.41) is 11.2. The Morgan fingerprint density at radius 3 is 2.65 bits per heavy atom. The van der Waals surface area contributed by atoms with Gasteiger partial charge in [0.05, 0.1) is 6.26 Å². The standard InChI is InChI=1S/C16H22N4O3/c1-16(2,3)17-15(21)20-8-6-11(7-9-20)13-18-19-14(23-13)12-5-4-10-22-12/h4-5,10-11H,6-9H2,1-3H3,(H,17,21). The Morgan fingerprint density at radius 2 is 2.04 bits per heavy atom. The fraction of sp³-hybridized carbons (Fsp3) is 0.562. The molecular formula is C16H22N4O3. The summed E-state index contributed by atoms with van der Waals surface area (Å²) in [5.74, 6) is 1.78. The van der Waals surface area contributed by atoms with E-state index in [2.05, 4.69) is 15.5 Å². The number of hydrogen-bond donors (Lipinski definition) is 1. The largest absolute Gasteiger partial charge is 0.459 e. The van der Waals surface area contributed by atoms with E-state index >= 15 is 0 Å². The quantitative estimate of drug-likeness (QED) is 0.920. The number of rotatable bonds is 2. The summed E-state index contributed by atoms with van der Waals surface area (Å²) in [4.78, 5) is 14.0. The third kappa shape index (κ3) is 3.72. The van der Waals surface area contributed by atoms with Crippen molar-refractivity contribution in [3.8, 4) is 11.7 Å². The molecule has 2 aromatic heterocycles. The first-order valence-corrected chi connectivity index (χ1v) is 7.87. The average Bonchev–Trinajstić information content (AvgIpc) is 3.17. The first-order chi connectivity index (χ1) is 10.9. The molecule has 0 atom stereocenters. The number of nitrogens with one attached hydrogen (secondary N) is 1. The molecule has 0 saturated carbocycles. The number of amides is 2. The molecule has 0 unspecified atom stereocenters. The van der Waals surface area contributed by atoms with E-state index in [0.29, 0.717) is 30.6 Å². The maximum absolute atomic E-state index is 12.2. The number of carbonyl (C=O) groups is 1. The minimum atomic E-state index is -0.224. The second kappa shape index (κ2) is 6.06. The lowest BCUT2D eigenvalue weighted by Crippen LogP contribution is -2.50. The fourth-order valence-electron chi connectivity index (χ4n) is 2.63. The van der Waals surface area contributed by atoms with Crippen molar-refractivity contribution >= 4 is 6.03 Å². The number of piperidine rings is 1. The Morgan fingerprint density at radius 1 is 1.30 bits per heavy atom. The highest BCUT2D eigenvalue weighted by molar-refractivity contribution is 5.75. The zero-order chi connectivity index (χ0) is 16.4. The lowest BCUT2D eigenvalue weighted by molar-refractivity contribution is 0.169. The number of likely N-dealkylation sites (tertiary alicyclic amines) is 1. The van der Waals surface area contributed by atoms with Crippen LogP contribution >= 0.6 is 0 Å². The number of furan rings is 1. The highest BCUT2D eigenvalue weighted by Gasteiger charge is 2.29. The van der Waals surface area contributed by atoms with Gasteiger partial charge >= 0.3 is 6.03 Å². The van der Waals surface area contributed by atoms with Crippen molar-refractivity contribution in [2.45, 2.75) is 45.1 Å². The number of urea groups is 1. The maximum Gasteiger partial charge on any atom is 0.317 e. The molecule has 7 nitrogen and oxygen atoms in total. The second-order valence-corrected chi connectivity index (χ2v) is 6.86. The van der Waals surface area contributed by atoms with Crippen LogP contribution in [0, 0.1) is 0 Å². The predicted octanol–water partition coefficient (Wildman–Crippen LogP) is 3.02. The van der Waals surface area contributed by atoms with Crippen molar-refractivity contribution in [2.75, 3.05) is 13.1 Å². The van der Waals surface area contributed by atoms with Crippen LogP contribution < -0.4 is 5.32 Å². The molecule has 3 heterocycles. The third-order valence-corrected chi connectivity index (χ3v) is 3.79. The molecule has 7 heteroatoms. The highest BCUT2D eigenvalue weighted by atomic mass is 16.4. The van der Waals surface area contributed by atoms with Gasteiger partial charge in [0.15, 0.2) is 5.76 Å². The van der Waals surface area contributed by atoms with Crippen LogP contribution in [-0.2, 0) is 0 Å². The van der Waals surface area contributed by atoms with Gasteiger partial charge in [0, 0.05) is 24.5 Å². The molecule has 1 fully saturated rings. The molecule has 1 aliphatic heterocycles. The van der Waals surface area contributed by atoms with Crippen molar-refractivity contribution in [1.82, 2.24) is 20.4 Å². The van der Waals surface area contributed by atoms with Crippen LogP contribution in [0.3, 0.4) is 0 Å². The fourth-order valence-corrected chi connectivity index (χ4v) is 2.63. The molecule has 0 bridgehead atoms. The number of nitrogens with zero attached hydrogens (tertiary/aromatic N) is 3. The Balaban J connectivity index is 1.58. The zero-order valence-electron chi connectivity index (χ0n) is 13.7. The van der Waals surface area contributed by atoms with Crippen LogP contribution in [0.5, 0.6) is 0 Å². The Labute approximate surface area is 135 Å². The van der Waals surface area contributed by atoms with Crippen molar-refractivity contribution in [3.05, 3.63) is 24.3 Å². The number of hydrogen-bond acceptors (Lipinski definition) is 5. The van der Waals surface area contributed by atoms with Crippen molar-refractivity contribution in [1.29, 1.82) is 0 Å². The molecule has 2 aromatic rings. The van der Waals surface area contributed by atoms with Crippen molar-refractivity contribution in [2.24, 2.45) is 0 Å². The third-order valence-electron chi connectivity index (χ3n) is 3.79. The van der Waals surface area contributed by atoms with Crippen LogP contribution in [-0.4, -0.2) is 39.8 Å². The van der Waals surface area contributed by atoms with Crippen LogP contribution in [0.15, 0.2) is 27.2 Å². The number of aromatic nitrogens is 2. The first-order valence-electron chi connectivity index (χ1n) is 7.87. The average molecular weight is 318 g/mol. The summed E-state index contributed by atoms with van der Waals surface area (Å²) in [6, 6.07) is 3.56. The lowest BCUT2D eigenvalue weighted by atomic mass is 9.97. The van der Waals surface area contributed by atoms with Gasteiger partial charge < -0.3 is 19.1 Å². The summed E-state index contributed by atoms with van der Waals surface area (Å²) < 4.78 is 11.0. The molecule has 0 aliphatic carbocycles. The van der Waals surface area contributed by atoms with Gasteiger partial charge in [0.2, 0.25) is 5.89 Å². The molecule has 0 radical (unpaired) electrons. The van der Waals surface area contributed by atoms with E-state index in [4.69, 9.17) is 8.83 Å². The summed E-state index contributed by atoms with van der Waals surface area (Å²) in [6.07, 6.45) is 3.21. The van der Waals surface area contributed by atoms with E-state index in [1.807, 2.05) is 25.7 Å². The van der Waals surface area contributed by atoms with Gasteiger partial charge in [-0.25, -0.2) is 4.79 Å². The molecule has 1 aliphatic rings. The molecule has 1 N–H and O–H groups in total. The Bertz CT molecular complexity index is 649. The lowest BCUT2D eigenvalue weighted by Gasteiger charge is -2.33. The van der Waals surface area contributed by atoms with Gasteiger partial charge in [0.25, 0.3) is 5.89 Å². The zero-order valence-corrected chi connectivity index (χ0v) is 13.7. The van der Waals surface area contributed by atoms with Crippen LogP contribution in [0.1, 0.15) is 45.4 Å². The normalized spacial score (nSPS) is 16.6. The van der Waals surface area contributed by atoms with E-state index < -0.39 is 0 Å². The minimum absolute atomic E-state index is 0.0160. The molecule has 1 saturated heterocycles. The van der Waals surface area contributed by atoms with E-state index in [1.54, 1.807) is 18.4 Å².